The number of halogens is 1. The molecule has 4 aromatic rings. The minimum atomic E-state index is -0.174. The van der Waals surface area contributed by atoms with Crippen molar-refractivity contribution < 1.29 is 9.59 Å². The summed E-state index contributed by atoms with van der Waals surface area (Å²) in [5, 5.41) is 9.33. The van der Waals surface area contributed by atoms with E-state index in [0.29, 0.717) is 33.6 Å². The Hall–Kier alpha value is -4.23. The fourth-order valence-electron chi connectivity index (χ4n) is 3.34. The molecule has 0 atom stereocenters. The van der Waals surface area contributed by atoms with Gasteiger partial charge < -0.3 is 16.0 Å². The molecule has 3 aromatic carbocycles. The summed E-state index contributed by atoms with van der Waals surface area (Å²) < 4.78 is 0. The second kappa shape index (κ2) is 10.6. The van der Waals surface area contributed by atoms with E-state index in [0.717, 1.165) is 11.1 Å². The van der Waals surface area contributed by atoms with Crippen LogP contribution in [0.4, 0.5) is 17.3 Å². The number of amides is 2. The number of hydrogen-bond donors (Lipinski definition) is 3. The number of aromatic nitrogens is 2. The zero-order valence-electron chi connectivity index (χ0n) is 18.4. The lowest BCUT2D eigenvalue weighted by Crippen LogP contribution is -2.23. The molecular weight excluding hydrogens is 450 g/mol. The summed E-state index contributed by atoms with van der Waals surface area (Å²) in [7, 11) is 0. The second-order valence-corrected chi connectivity index (χ2v) is 7.88. The van der Waals surface area contributed by atoms with Crippen molar-refractivity contribution >= 4 is 40.7 Å². The lowest BCUT2D eigenvalue weighted by molar-refractivity contribution is -0.114. The molecule has 3 N–H and O–H groups in total. The van der Waals surface area contributed by atoms with E-state index in [1.165, 1.54) is 6.92 Å². The van der Waals surface area contributed by atoms with Crippen molar-refractivity contribution in [2.45, 2.75) is 13.5 Å². The molecule has 7 nitrogen and oxygen atoms in total. The average Bonchev–Trinajstić information content (AvgIpc) is 2.85. The van der Waals surface area contributed by atoms with Gasteiger partial charge in [0.15, 0.2) is 0 Å². The van der Waals surface area contributed by atoms with Crippen LogP contribution in [-0.4, -0.2) is 21.8 Å². The molecular formula is C26H22ClN5O2. The third-order valence-corrected chi connectivity index (χ3v) is 5.28. The zero-order valence-corrected chi connectivity index (χ0v) is 19.1. The van der Waals surface area contributed by atoms with E-state index < -0.39 is 0 Å². The van der Waals surface area contributed by atoms with Crippen molar-refractivity contribution in [3.05, 3.63) is 101 Å². The molecule has 8 heteroatoms. The van der Waals surface area contributed by atoms with Crippen molar-refractivity contribution in [1.29, 1.82) is 0 Å². The van der Waals surface area contributed by atoms with Gasteiger partial charge in [0.1, 0.15) is 0 Å². The summed E-state index contributed by atoms with van der Waals surface area (Å²) in [6, 6.07) is 23.6. The van der Waals surface area contributed by atoms with Gasteiger partial charge in [-0.3, -0.25) is 9.59 Å². The summed E-state index contributed by atoms with van der Waals surface area (Å²) in [5.74, 6) is 0.0661. The molecule has 0 aliphatic rings. The van der Waals surface area contributed by atoms with Crippen LogP contribution in [0.5, 0.6) is 0 Å². The molecule has 2 amide bonds. The first-order chi connectivity index (χ1) is 16.5. The number of carbonyl (C=O) groups excluding carboxylic acids is 2. The highest BCUT2D eigenvalue weighted by molar-refractivity contribution is 6.33. The van der Waals surface area contributed by atoms with Gasteiger partial charge in [0, 0.05) is 36.5 Å². The van der Waals surface area contributed by atoms with Crippen LogP contribution >= 0.6 is 11.6 Å². The molecule has 0 aliphatic carbocycles. The van der Waals surface area contributed by atoms with Crippen LogP contribution in [0.3, 0.4) is 0 Å². The summed E-state index contributed by atoms with van der Waals surface area (Å²) in [6.07, 6.45) is 1.65. The van der Waals surface area contributed by atoms with E-state index in [9.17, 15) is 9.59 Å². The Morgan fingerprint density at radius 2 is 1.68 bits per heavy atom. The van der Waals surface area contributed by atoms with Gasteiger partial charge in [-0.25, -0.2) is 9.97 Å². The molecule has 170 valence electrons. The first-order valence-electron chi connectivity index (χ1n) is 10.6. The molecule has 0 radical (unpaired) electrons. The molecule has 0 bridgehead atoms. The van der Waals surface area contributed by atoms with Gasteiger partial charge in [-0.15, -0.1) is 0 Å². The maximum absolute atomic E-state index is 12.4. The van der Waals surface area contributed by atoms with Gasteiger partial charge in [-0.2, -0.15) is 0 Å². The van der Waals surface area contributed by atoms with Gasteiger partial charge in [0.25, 0.3) is 5.91 Å². The maximum atomic E-state index is 12.4. The highest BCUT2D eigenvalue weighted by Crippen LogP contribution is 2.29. The number of para-hydroxylation sites is 1. The molecule has 1 heterocycles. The predicted molar refractivity (Wildman–Crippen MR) is 134 cm³/mol. The summed E-state index contributed by atoms with van der Waals surface area (Å²) in [5.41, 5.74) is 4.29. The van der Waals surface area contributed by atoms with Crippen molar-refractivity contribution in [2.24, 2.45) is 0 Å². The second-order valence-electron chi connectivity index (χ2n) is 7.47. The van der Waals surface area contributed by atoms with E-state index in [4.69, 9.17) is 11.6 Å². The quantitative estimate of drug-likeness (QED) is 0.334. The predicted octanol–water partition coefficient (Wildman–Crippen LogP) is 5.43. The SMILES string of the molecule is CC(=O)Nc1ccc(-c2ccnc(Nc3c(Cl)cccc3CNC(=O)c3ccccc3)n2)cc1. The summed E-state index contributed by atoms with van der Waals surface area (Å²) in [4.78, 5) is 32.6. The van der Waals surface area contributed by atoms with Crippen LogP contribution in [0.15, 0.2) is 85.1 Å². The third kappa shape index (κ3) is 5.76. The Morgan fingerprint density at radius 3 is 2.41 bits per heavy atom. The Balaban J connectivity index is 1.52. The van der Waals surface area contributed by atoms with Crippen LogP contribution in [0.2, 0.25) is 5.02 Å². The van der Waals surface area contributed by atoms with Gasteiger partial charge in [-0.1, -0.05) is 54.1 Å². The van der Waals surface area contributed by atoms with Crippen LogP contribution in [0.25, 0.3) is 11.3 Å². The number of nitrogens with one attached hydrogen (secondary N) is 3. The zero-order chi connectivity index (χ0) is 23.9. The van der Waals surface area contributed by atoms with E-state index >= 15 is 0 Å². The molecule has 0 spiro atoms. The summed E-state index contributed by atoms with van der Waals surface area (Å²) in [6.45, 7) is 1.74. The van der Waals surface area contributed by atoms with Gasteiger partial charge >= 0.3 is 0 Å². The normalized spacial score (nSPS) is 10.4. The Morgan fingerprint density at radius 1 is 0.912 bits per heavy atom. The molecule has 0 fully saturated rings. The van der Waals surface area contributed by atoms with Crippen molar-refractivity contribution in [1.82, 2.24) is 15.3 Å². The lowest BCUT2D eigenvalue weighted by Gasteiger charge is -2.14. The molecule has 0 unspecified atom stereocenters. The van der Waals surface area contributed by atoms with E-state index in [1.807, 2.05) is 54.6 Å². The monoisotopic (exact) mass is 471 g/mol. The molecule has 1 aromatic heterocycles. The van der Waals surface area contributed by atoms with Crippen molar-refractivity contribution in [2.75, 3.05) is 10.6 Å². The number of hydrogen-bond acceptors (Lipinski definition) is 5. The Kier molecular flexibility index (Phi) is 7.15. The van der Waals surface area contributed by atoms with Crippen LogP contribution in [0.1, 0.15) is 22.8 Å². The highest BCUT2D eigenvalue weighted by Gasteiger charge is 2.12. The van der Waals surface area contributed by atoms with Gasteiger partial charge in [0.2, 0.25) is 11.9 Å². The van der Waals surface area contributed by atoms with E-state index in [1.54, 1.807) is 30.5 Å². The molecule has 4 rings (SSSR count). The lowest BCUT2D eigenvalue weighted by atomic mass is 10.1. The van der Waals surface area contributed by atoms with E-state index in [-0.39, 0.29) is 18.4 Å². The number of anilines is 3. The maximum Gasteiger partial charge on any atom is 0.251 e. The molecule has 0 saturated carbocycles. The topological polar surface area (TPSA) is 96.0 Å². The van der Waals surface area contributed by atoms with Gasteiger partial charge in [-0.05, 0) is 42.0 Å². The van der Waals surface area contributed by atoms with Gasteiger partial charge in [0.05, 0.1) is 16.4 Å². The van der Waals surface area contributed by atoms with E-state index in [2.05, 4.69) is 25.9 Å². The number of carbonyl (C=O) groups is 2. The first-order valence-corrected chi connectivity index (χ1v) is 11.0. The summed E-state index contributed by atoms with van der Waals surface area (Å²) >= 11 is 6.46. The minimum Gasteiger partial charge on any atom is -0.348 e. The standard InChI is InChI=1S/C26H22ClN5O2/c1-17(33)30-21-12-10-18(11-13-21)23-14-15-28-26(31-23)32-24-20(8-5-9-22(24)27)16-29-25(34)19-6-3-2-4-7-19/h2-15H,16H2,1H3,(H,29,34)(H,30,33)(H,28,31,32). The third-order valence-electron chi connectivity index (χ3n) is 4.97. The Bertz CT molecular complexity index is 1310. The number of nitrogens with zero attached hydrogens (tertiary/aromatic N) is 2. The average molecular weight is 472 g/mol. The van der Waals surface area contributed by atoms with Crippen LogP contribution < -0.4 is 16.0 Å². The van der Waals surface area contributed by atoms with Crippen LogP contribution in [-0.2, 0) is 11.3 Å². The highest BCUT2D eigenvalue weighted by atomic mass is 35.5. The minimum absolute atomic E-state index is 0.128. The van der Waals surface area contributed by atoms with Crippen molar-refractivity contribution in [3.63, 3.8) is 0 Å². The first kappa shape index (κ1) is 22.9. The molecule has 0 aliphatic heterocycles. The molecule has 34 heavy (non-hydrogen) atoms. The number of rotatable bonds is 7. The Labute approximate surface area is 202 Å². The smallest absolute Gasteiger partial charge is 0.251 e. The van der Waals surface area contributed by atoms with Crippen molar-refractivity contribution in [3.8, 4) is 11.3 Å². The largest absolute Gasteiger partial charge is 0.348 e. The number of benzene rings is 3. The fraction of sp³-hybridized carbons (Fsp3) is 0.0769. The van der Waals surface area contributed by atoms with Crippen LogP contribution in [0, 0.1) is 0 Å². The molecule has 0 saturated heterocycles. The fourth-order valence-corrected chi connectivity index (χ4v) is 3.58.